The number of hydrogen-bond donors (Lipinski definition) is 1. The van der Waals surface area contributed by atoms with Gasteiger partial charge in [-0.1, -0.05) is 34.1 Å². The summed E-state index contributed by atoms with van der Waals surface area (Å²) in [5, 5.41) is 3.08. The quantitative estimate of drug-likeness (QED) is 0.884. The van der Waals surface area contributed by atoms with Crippen LogP contribution in [-0.4, -0.2) is 7.05 Å². The van der Waals surface area contributed by atoms with E-state index >= 15 is 0 Å². The fourth-order valence-corrected chi connectivity index (χ4v) is 2.53. The maximum Gasteiger partial charge on any atom is 0.131 e. The number of nitrogens with one attached hydrogen (secondary N) is 1. The average molecular weight is 326 g/mol. The van der Waals surface area contributed by atoms with Gasteiger partial charge in [-0.15, -0.1) is 0 Å². The Kier molecular flexibility index (Phi) is 4.32. The third-order valence-corrected chi connectivity index (χ3v) is 4.04. The Morgan fingerprint density at radius 2 is 1.84 bits per heavy atom. The van der Waals surface area contributed by atoms with Crippen molar-refractivity contribution in [2.24, 2.45) is 0 Å². The molecule has 1 nitrogen and oxygen atoms in total. The monoisotopic (exact) mass is 325 g/mol. The van der Waals surface area contributed by atoms with Gasteiger partial charge < -0.3 is 5.32 Å². The van der Waals surface area contributed by atoms with E-state index in [0.717, 1.165) is 21.7 Å². The number of halogens is 3. The minimum Gasteiger partial charge on any atom is -0.309 e. The van der Waals surface area contributed by atoms with Crippen molar-refractivity contribution in [2.45, 2.75) is 13.0 Å². The Labute approximate surface area is 119 Å². The molecule has 0 heterocycles. The fraction of sp³-hybridized carbons (Fsp3) is 0.200. The lowest BCUT2D eigenvalue weighted by Crippen LogP contribution is -2.20. The molecule has 0 aromatic heterocycles. The number of benzene rings is 2. The van der Waals surface area contributed by atoms with Gasteiger partial charge in [-0.25, -0.2) is 8.78 Å². The van der Waals surface area contributed by atoms with Gasteiger partial charge in [0, 0.05) is 16.1 Å². The standard InChI is InChI=1S/C15H14BrF2N/c1-9-11(4-3-5-13(9)16)15(19-2)12-7-6-10(17)8-14(12)18/h3-8,15,19H,1-2H3. The molecule has 2 rings (SSSR count). The Morgan fingerprint density at radius 1 is 1.11 bits per heavy atom. The maximum atomic E-state index is 13.9. The van der Waals surface area contributed by atoms with Gasteiger partial charge in [-0.2, -0.15) is 0 Å². The highest BCUT2D eigenvalue weighted by Gasteiger charge is 2.19. The molecule has 0 saturated heterocycles. The average Bonchev–Trinajstić information content (AvgIpc) is 2.37. The van der Waals surface area contributed by atoms with Crippen LogP contribution in [0.25, 0.3) is 0 Å². The van der Waals surface area contributed by atoms with E-state index in [4.69, 9.17) is 0 Å². The molecule has 1 unspecified atom stereocenters. The van der Waals surface area contributed by atoms with E-state index in [1.165, 1.54) is 12.1 Å². The van der Waals surface area contributed by atoms with Crippen LogP contribution < -0.4 is 5.32 Å². The summed E-state index contributed by atoms with van der Waals surface area (Å²) in [5.41, 5.74) is 2.43. The van der Waals surface area contributed by atoms with Gasteiger partial charge in [0.05, 0.1) is 6.04 Å². The second kappa shape index (κ2) is 5.80. The second-order valence-electron chi connectivity index (χ2n) is 4.34. The van der Waals surface area contributed by atoms with Crippen molar-refractivity contribution in [2.75, 3.05) is 7.05 Å². The van der Waals surface area contributed by atoms with Crippen molar-refractivity contribution in [3.63, 3.8) is 0 Å². The predicted molar refractivity (Wildman–Crippen MR) is 76.1 cm³/mol. The lowest BCUT2D eigenvalue weighted by Gasteiger charge is -2.20. The Hall–Kier alpha value is -1.26. The molecular weight excluding hydrogens is 312 g/mol. The highest BCUT2D eigenvalue weighted by Crippen LogP contribution is 2.30. The lowest BCUT2D eigenvalue weighted by molar-refractivity contribution is 0.551. The van der Waals surface area contributed by atoms with Crippen LogP contribution in [-0.2, 0) is 0 Å². The molecule has 19 heavy (non-hydrogen) atoms. The van der Waals surface area contributed by atoms with Crippen molar-refractivity contribution in [1.82, 2.24) is 5.32 Å². The van der Waals surface area contributed by atoms with Crippen LogP contribution in [0.15, 0.2) is 40.9 Å². The van der Waals surface area contributed by atoms with Crippen LogP contribution in [0, 0.1) is 18.6 Å². The Balaban J connectivity index is 2.53. The zero-order chi connectivity index (χ0) is 14.0. The van der Waals surface area contributed by atoms with Gasteiger partial charge >= 0.3 is 0 Å². The first-order chi connectivity index (χ1) is 9.04. The van der Waals surface area contributed by atoms with Crippen LogP contribution in [0.4, 0.5) is 8.78 Å². The molecule has 0 bridgehead atoms. The molecule has 0 radical (unpaired) electrons. The summed E-state index contributed by atoms with van der Waals surface area (Å²) in [6.45, 7) is 1.96. The van der Waals surface area contributed by atoms with Gasteiger partial charge in [0.15, 0.2) is 0 Å². The van der Waals surface area contributed by atoms with E-state index in [1.54, 1.807) is 7.05 Å². The minimum atomic E-state index is -0.568. The molecule has 0 aliphatic carbocycles. The summed E-state index contributed by atoms with van der Waals surface area (Å²) in [5.74, 6) is -1.11. The first-order valence-electron chi connectivity index (χ1n) is 5.92. The Bertz CT molecular complexity index is 599. The van der Waals surface area contributed by atoms with Crippen LogP contribution in [0.2, 0.25) is 0 Å². The van der Waals surface area contributed by atoms with Gasteiger partial charge in [0.25, 0.3) is 0 Å². The molecule has 4 heteroatoms. The first kappa shape index (κ1) is 14.2. The third kappa shape index (κ3) is 2.85. The van der Waals surface area contributed by atoms with Crippen molar-refractivity contribution < 1.29 is 8.78 Å². The Morgan fingerprint density at radius 3 is 2.47 bits per heavy atom. The molecule has 0 saturated carbocycles. The second-order valence-corrected chi connectivity index (χ2v) is 5.20. The fourth-order valence-electron chi connectivity index (χ4n) is 2.15. The van der Waals surface area contributed by atoms with Crippen LogP contribution >= 0.6 is 15.9 Å². The van der Waals surface area contributed by atoms with Gasteiger partial charge in [-0.3, -0.25) is 0 Å². The summed E-state index contributed by atoms with van der Waals surface area (Å²) in [4.78, 5) is 0. The summed E-state index contributed by atoms with van der Waals surface area (Å²) >= 11 is 3.46. The molecule has 1 N–H and O–H groups in total. The topological polar surface area (TPSA) is 12.0 Å². The lowest BCUT2D eigenvalue weighted by atomic mass is 9.95. The SMILES string of the molecule is CNC(c1ccc(F)cc1F)c1cccc(Br)c1C. The minimum absolute atomic E-state index is 0.307. The van der Waals surface area contributed by atoms with Crippen molar-refractivity contribution >= 4 is 15.9 Å². The van der Waals surface area contributed by atoms with Crippen LogP contribution in [0.1, 0.15) is 22.7 Å². The molecule has 0 amide bonds. The molecular formula is C15H14BrF2N. The van der Waals surface area contributed by atoms with E-state index < -0.39 is 11.6 Å². The normalized spacial score (nSPS) is 12.5. The molecule has 0 fully saturated rings. The molecule has 2 aromatic rings. The highest BCUT2D eigenvalue weighted by molar-refractivity contribution is 9.10. The number of hydrogen-bond acceptors (Lipinski definition) is 1. The zero-order valence-corrected chi connectivity index (χ0v) is 12.3. The third-order valence-electron chi connectivity index (χ3n) is 3.18. The van der Waals surface area contributed by atoms with Crippen molar-refractivity contribution in [3.8, 4) is 0 Å². The molecule has 0 aliphatic heterocycles. The maximum absolute atomic E-state index is 13.9. The molecule has 0 aliphatic rings. The van der Waals surface area contributed by atoms with Gasteiger partial charge in [0.2, 0.25) is 0 Å². The van der Waals surface area contributed by atoms with E-state index in [1.807, 2.05) is 25.1 Å². The summed E-state index contributed by atoms with van der Waals surface area (Å²) in [6.07, 6.45) is 0. The summed E-state index contributed by atoms with van der Waals surface area (Å²) < 4.78 is 27.9. The number of rotatable bonds is 3. The molecule has 0 spiro atoms. The van der Waals surface area contributed by atoms with Gasteiger partial charge in [-0.05, 0) is 37.2 Å². The summed E-state index contributed by atoms with van der Waals surface area (Å²) in [7, 11) is 1.76. The van der Waals surface area contributed by atoms with Crippen molar-refractivity contribution in [3.05, 3.63) is 69.2 Å². The van der Waals surface area contributed by atoms with Gasteiger partial charge in [0.1, 0.15) is 11.6 Å². The predicted octanol–water partition coefficient (Wildman–Crippen LogP) is 4.34. The largest absolute Gasteiger partial charge is 0.309 e. The van der Waals surface area contributed by atoms with Crippen LogP contribution in [0.3, 0.4) is 0 Å². The van der Waals surface area contributed by atoms with E-state index in [2.05, 4.69) is 21.2 Å². The van der Waals surface area contributed by atoms with E-state index in [-0.39, 0.29) is 6.04 Å². The summed E-state index contributed by atoms with van der Waals surface area (Å²) in [6, 6.07) is 9.13. The zero-order valence-electron chi connectivity index (χ0n) is 10.7. The highest BCUT2D eigenvalue weighted by atomic mass is 79.9. The van der Waals surface area contributed by atoms with E-state index in [9.17, 15) is 8.78 Å². The van der Waals surface area contributed by atoms with E-state index in [0.29, 0.717) is 5.56 Å². The molecule has 2 aromatic carbocycles. The van der Waals surface area contributed by atoms with Crippen LogP contribution in [0.5, 0.6) is 0 Å². The first-order valence-corrected chi connectivity index (χ1v) is 6.71. The smallest absolute Gasteiger partial charge is 0.131 e. The van der Waals surface area contributed by atoms with Crippen molar-refractivity contribution in [1.29, 1.82) is 0 Å². The molecule has 100 valence electrons. The molecule has 1 atom stereocenters.